The quantitative estimate of drug-likeness (QED) is 0.713. The fraction of sp³-hybridized carbons (Fsp3) is 0.556. The standard InChI is InChI=1S/C18H25N3O3.ClH/c1-2-12-3-4-16-15(9-12)14(18(23)21-16)5-6-20-17(22)10-13-11-24-8-7-19-13;/h3-4,9,13-14,19H,2,5-8,10-11H2,1H3,(H,20,22)(H,21,23);1H. The van der Waals surface area contributed by atoms with Crippen LogP contribution >= 0.6 is 12.4 Å². The van der Waals surface area contributed by atoms with E-state index >= 15 is 0 Å². The highest BCUT2D eigenvalue weighted by molar-refractivity contribution is 6.02. The molecule has 2 aliphatic rings. The first-order valence-electron chi connectivity index (χ1n) is 8.69. The van der Waals surface area contributed by atoms with Crippen LogP contribution in [0, 0.1) is 0 Å². The van der Waals surface area contributed by atoms with Gasteiger partial charge in [0, 0.05) is 31.2 Å². The van der Waals surface area contributed by atoms with Gasteiger partial charge in [0.1, 0.15) is 0 Å². The lowest BCUT2D eigenvalue weighted by molar-refractivity contribution is -0.122. The summed E-state index contributed by atoms with van der Waals surface area (Å²) in [4.78, 5) is 24.2. The van der Waals surface area contributed by atoms with Crippen LogP contribution in [0.4, 0.5) is 5.69 Å². The second-order valence-corrected chi connectivity index (χ2v) is 6.39. The highest BCUT2D eigenvalue weighted by Crippen LogP contribution is 2.35. The number of aryl methyl sites for hydroxylation is 1. The first kappa shape index (κ1) is 19.7. The lowest BCUT2D eigenvalue weighted by atomic mass is 9.95. The average molecular weight is 368 g/mol. The topological polar surface area (TPSA) is 79.5 Å². The Bertz CT molecular complexity index is 618. The molecule has 0 aliphatic carbocycles. The summed E-state index contributed by atoms with van der Waals surface area (Å²) in [5.41, 5.74) is 3.18. The van der Waals surface area contributed by atoms with Crippen LogP contribution < -0.4 is 16.0 Å². The number of anilines is 1. The molecule has 1 fully saturated rings. The summed E-state index contributed by atoms with van der Waals surface area (Å²) in [6.45, 7) is 4.67. The van der Waals surface area contributed by atoms with Crippen LogP contribution in [0.25, 0.3) is 0 Å². The minimum absolute atomic E-state index is 0. The number of halogens is 1. The van der Waals surface area contributed by atoms with Gasteiger partial charge in [-0.2, -0.15) is 0 Å². The zero-order valence-electron chi connectivity index (χ0n) is 14.5. The predicted molar refractivity (Wildman–Crippen MR) is 99.3 cm³/mol. The SMILES string of the molecule is CCc1ccc2c(c1)C(CCNC(=O)CC1COCCN1)C(=O)N2.Cl. The third-order valence-electron chi connectivity index (χ3n) is 4.66. The van der Waals surface area contributed by atoms with Gasteiger partial charge in [0.2, 0.25) is 11.8 Å². The van der Waals surface area contributed by atoms with E-state index in [0.29, 0.717) is 32.6 Å². The summed E-state index contributed by atoms with van der Waals surface area (Å²) < 4.78 is 5.35. The van der Waals surface area contributed by atoms with Gasteiger partial charge >= 0.3 is 0 Å². The van der Waals surface area contributed by atoms with Crippen molar-refractivity contribution in [2.24, 2.45) is 0 Å². The van der Waals surface area contributed by atoms with Crippen LogP contribution in [0.15, 0.2) is 18.2 Å². The Morgan fingerprint density at radius 2 is 2.24 bits per heavy atom. The molecule has 2 heterocycles. The molecular weight excluding hydrogens is 342 g/mol. The van der Waals surface area contributed by atoms with Gasteiger partial charge in [0.25, 0.3) is 0 Å². The summed E-state index contributed by atoms with van der Waals surface area (Å²) in [7, 11) is 0. The summed E-state index contributed by atoms with van der Waals surface area (Å²) in [5.74, 6) is -0.156. The number of morpholine rings is 1. The summed E-state index contributed by atoms with van der Waals surface area (Å²) in [6, 6.07) is 6.20. The molecule has 0 aromatic heterocycles. The number of benzene rings is 1. The first-order valence-corrected chi connectivity index (χ1v) is 8.69. The maximum Gasteiger partial charge on any atom is 0.232 e. The number of amides is 2. The highest BCUT2D eigenvalue weighted by Gasteiger charge is 2.30. The van der Waals surface area contributed by atoms with Crippen LogP contribution in [-0.4, -0.2) is 44.2 Å². The molecule has 138 valence electrons. The molecule has 2 aliphatic heterocycles. The van der Waals surface area contributed by atoms with Gasteiger partial charge in [-0.3, -0.25) is 9.59 Å². The largest absolute Gasteiger partial charge is 0.378 e. The van der Waals surface area contributed by atoms with Gasteiger partial charge in [-0.05, 0) is 30.0 Å². The Morgan fingerprint density at radius 3 is 2.96 bits per heavy atom. The molecule has 2 atom stereocenters. The Kier molecular flexibility index (Phi) is 7.23. The molecule has 25 heavy (non-hydrogen) atoms. The van der Waals surface area contributed by atoms with Crippen LogP contribution in [0.5, 0.6) is 0 Å². The number of carbonyl (C=O) groups is 2. The molecule has 0 saturated carbocycles. The van der Waals surface area contributed by atoms with Crippen molar-refractivity contribution in [3.8, 4) is 0 Å². The molecule has 2 unspecified atom stereocenters. The van der Waals surface area contributed by atoms with Gasteiger partial charge in [-0.15, -0.1) is 12.4 Å². The minimum Gasteiger partial charge on any atom is -0.378 e. The molecule has 7 heteroatoms. The molecule has 0 radical (unpaired) electrons. The van der Waals surface area contributed by atoms with Crippen molar-refractivity contribution >= 4 is 29.9 Å². The van der Waals surface area contributed by atoms with Crippen LogP contribution in [0.3, 0.4) is 0 Å². The fourth-order valence-corrected chi connectivity index (χ4v) is 3.28. The fourth-order valence-electron chi connectivity index (χ4n) is 3.28. The van der Waals surface area contributed by atoms with Crippen molar-refractivity contribution in [2.45, 2.75) is 38.1 Å². The molecule has 6 nitrogen and oxygen atoms in total. The Balaban J connectivity index is 0.00000225. The first-order chi connectivity index (χ1) is 11.7. The lowest BCUT2D eigenvalue weighted by Crippen LogP contribution is -2.44. The van der Waals surface area contributed by atoms with Crippen molar-refractivity contribution < 1.29 is 14.3 Å². The number of carbonyl (C=O) groups excluding carboxylic acids is 2. The van der Waals surface area contributed by atoms with Gasteiger partial charge in [-0.1, -0.05) is 19.1 Å². The molecule has 1 aromatic carbocycles. The number of rotatable bonds is 6. The van der Waals surface area contributed by atoms with E-state index in [-0.39, 0.29) is 36.2 Å². The molecule has 1 saturated heterocycles. The van der Waals surface area contributed by atoms with Crippen molar-refractivity contribution in [3.05, 3.63) is 29.3 Å². The second-order valence-electron chi connectivity index (χ2n) is 6.39. The van der Waals surface area contributed by atoms with Crippen molar-refractivity contribution in [1.82, 2.24) is 10.6 Å². The van der Waals surface area contributed by atoms with E-state index in [1.807, 2.05) is 12.1 Å². The van der Waals surface area contributed by atoms with Gasteiger partial charge < -0.3 is 20.7 Å². The zero-order valence-corrected chi connectivity index (χ0v) is 15.3. The normalized spacial score (nSPS) is 21.9. The van der Waals surface area contributed by atoms with Crippen molar-refractivity contribution in [3.63, 3.8) is 0 Å². The molecular formula is C18H26ClN3O3. The number of hydrogen-bond donors (Lipinski definition) is 3. The molecule has 3 rings (SSSR count). The molecule has 0 spiro atoms. The number of ether oxygens (including phenoxy) is 1. The van der Waals surface area contributed by atoms with E-state index in [4.69, 9.17) is 4.74 Å². The number of fused-ring (bicyclic) bond motifs is 1. The third-order valence-corrected chi connectivity index (χ3v) is 4.66. The molecule has 1 aromatic rings. The zero-order chi connectivity index (χ0) is 16.9. The Morgan fingerprint density at radius 1 is 1.40 bits per heavy atom. The minimum atomic E-state index is -0.178. The Labute approximate surface area is 154 Å². The van der Waals surface area contributed by atoms with Crippen molar-refractivity contribution in [1.29, 1.82) is 0 Å². The van der Waals surface area contributed by atoms with E-state index in [2.05, 4.69) is 28.9 Å². The van der Waals surface area contributed by atoms with E-state index in [0.717, 1.165) is 24.2 Å². The van der Waals surface area contributed by atoms with E-state index in [1.54, 1.807) is 0 Å². The maximum absolute atomic E-state index is 12.2. The van der Waals surface area contributed by atoms with Gasteiger partial charge in [0.15, 0.2) is 0 Å². The predicted octanol–water partition coefficient (Wildman–Crippen LogP) is 1.59. The average Bonchev–Trinajstić information content (AvgIpc) is 2.90. The third kappa shape index (κ3) is 4.93. The summed E-state index contributed by atoms with van der Waals surface area (Å²) >= 11 is 0. The van der Waals surface area contributed by atoms with E-state index in [1.165, 1.54) is 5.56 Å². The van der Waals surface area contributed by atoms with Crippen LogP contribution in [0.2, 0.25) is 0 Å². The molecule has 3 N–H and O–H groups in total. The van der Waals surface area contributed by atoms with Gasteiger partial charge in [-0.25, -0.2) is 0 Å². The van der Waals surface area contributed by atoms with Crippen LogP contribution in [-0.2, 0) is 20.7 Å². The van der Waals surface area contributed by atoms with Gasteiger partial charge in [0.05, 0.1) is 19.1 Å². The molecule has 2 amide bonds. The van der Waals surface area contributed by atoms with E-state index < -0.39 is 0 Å². The molecule has 0 bridgehead atoms. The van der Waals surface area contributed by atoms with E-state index in [9.17, 15) is 9.59 Å². The second kappa shape index (κ2) is 9.17. The Hall–Kier alpha value is -1.63. The summed E-state index contributed by atoms with van der Waals surface area (Å²) in [5, 5.41) is 9.11. The monoisotopic (exact) mass is 367 g/mol. The van der Waals surface area contributed by atoms with Crippen molar-refractivity contribution in [2.75, 3.05) is 31.6 Å². The van der Waals surface area contributed by atoms with Crippen LogP contribution in [0.1, 0.15) is 36.8 Å². The summed E-state index contributed by atoms with van der Waals surface area (Å²) in [6.07, 6.45) is 1.97. The number of nitrogens with one attached hydrogen (secondary N) is 3. The number of hydrogen-bond acceptors (Lipinski definition) is 4. The smallest absolute Gasteiger partial charge is 0.232 e. The lowest BCUT2D eigenvalue weighted by Gasteiger charge is -2.23. The maximum atomic E-state index is 12.2. The highest BCUT2D eigenvalue weighted by atomic mass is 35.5.